The van der Waals surface area contributed by atoms with Gasteiger partial charge in [0.1, 0.15) is 0 Å². The summed E-state index contributed by atoms with van der Waals surface area (Å²) < 4.78 is 33.9. The third kappa shape index (κ3) is 3.45. The Kier molecular flexibility index (Phi) is 3.82. The molecule has 7 heteroatoms. The first-order chi connectivity index (χ1) is 8.76. The molecule has 0 aromatic heterocycles. The van der Waals surface area contributed by atoms with Gasteiger partial charge in [0, 0.05) is 29.6 Å². The van der Waals surface area contributed by atoms with Crippen LogP contribution in [0.5, 0.6) is 0 Å². The molecule has 1 aliphatic heterocycles. The number of anilines is 1. The third-order valence-corrected chi connectivity index (χ3v) is 4.39. The van der Waals surface area contributed by atoms with E-state index in [1.807, 2.05) is 6.92 Å². The van der Waals surface area contributed by atoms with Gasteiger partial charge in [-0.2, -0.15) is 8.42 Å². The van der Waals surface area contributed by atoms with E-state index < -0.39 is 21.9 Å². The molecule has 0 bridgehead atoms. The molecule has 1 fully saturated rings. The molecular weight excluding hydrogens is 293 g/mol. The fraction of sp³-hybridized carbons (Fsp3) is 0.417. The van der Waals surface area contributed by atoms with Gasteiger partial charge < -0.3 is 4.90 Å². The number of aryl methyl sites for hydroxylation is 1. The Balaban J connectivity index is 2.18. The molecule has 1 aliphatic rings. The summed E-state index contributed by atoms with van der Waals surface area (Å²) in [5.41, 5.74) is 1.49. The SMILES string of the molecule is Cc1cc(N2CC(CS(=O)(=O)F)CC2=O)ccc1Cl. The highest BCUT2D eigenvalue weighted by Crippen LogP contribution is 2.29. The average Bonchev–Trinajstić information content (AvgIpc) is 2.61. The van der Waals surface area contributed by atoms with Crippen molar-refractivity contribution in [2.45, 2.75) is 13.3 Å². The van der Waals surface area contributed by atoms with Crippen molar-refractivity contribution in [1.29, 1.82) is 0 Å². The van der Waals surface area contributed by atoms with Crippen LogP contribution >= 0.6 is 11.6 Å². The first-order valence-electron chi connectivity index (χ1n) is 5.75. The molecule has 1 aromatic carbocycles. The number of amides is 1. The zero-order valence-corrected chi connectivity index (χ0v) is 11.8. The summed E-state index contributed by atoms with van der Waals surface area (Å²) in [6, 6.07) is 5.13. The zero-order valence-electron chi connectivity index (χ0n) is 10.3. The molecule has 0 spiro atoms. The minimum Gasteiger partial charge on any atom is -0.312 e. The van der Waals surface area contributed by atoms with Gasteiger partial charge >= 0.3 is 10.2 Å². The van der Waals surface area contributed by atoms with Gasteiger partial charge in [0.05, 0.1) is 5.75 Å². The number of nitrogens with zero attached hydrogens (tertiary/aromatic N) is 1. The quantitative estimate of drug-likeness (QED) is 0.805. The van der Waals surface area contributed by atoms with Gasteiger partial charge in [0.25, 0.3) is 0 Å². The summed E-state index contributed by atoms with van der Waals surface area (Å²) in [7, 11) is -4.55. The lowest BCUT2D eigenvalue weighted by Gasteiger charge is -2.17. The van der Waals surface area contributed by atoms with Crippen LogP contribution in [0, 0.1) is 12.8 Å². The van der Waals surface area contributed by atoms with Crippen LogP contribution in [0.15, 0.2) is 18.2 Å². The fourth-order valence-corrected chi connectivity index (χ4v) is 3.12. The molecule has 19 heavy (non-hydrogen) atoms. The van der Waals surface area contributed by atoms with E-state index in [2.05, 4.69) is 0 Å². The topological polar surface area (TPSA) is 54.5 Å². The molecule has 2 rings (SSSR count). The van der Waals surface area contributed by atoms with Crippen LogP contribution in [0.1, 0.15) is 12.0 Å². The van der Waals surface area contributed by atoms with Crippen molar-refractivity contribution in [3.05, 3.63) is 28.8 Å². The van der Waals surface area contributed by atoms with Gasteiger partial charge in [-0.05, 0) is 30.7 Å². The van der Waals surface area contributed by atoms with Crippen molar-refractivity contribution >= 4 is 33.4 Å². The van der Waals surface area contributed by atoms with E-state index in [0.717, 1.165) is 5.56 Å². The van der Waals surface area contributed by atoms with Gasteiger partial charge in [-0.15, -0.1) is 3.89 Å². The predicted octanol–water partition coefficient (Wildman–Crippen LogP) is 2.30. The largest absolute Gasteiger partial charge is 0.312 e. The maximum atomic E-state index is 12.6. The number of hydrogen-bond acceptors (Lipinski definition) is 3. The lowest BCUT2D eigenvalue weighted by Crippen LogP contribution is -2.25. The third-order valence-electron chi connectivity index (χ3n) is 3.09. The Morgan fingerprint density at radius 1 is 1.47 bits per heavy atom. The lowest BCUT2D eigenvalue weighted by molar-refractivity contribution is -0.117. The van der Waals surface area contributed by atoms with E-state index in [4.69, 9.17) is 11.6 Å². The van der Waals surface area contributed by atoms with Crippen LogP contribution in [0.3, 0.4) is 0 Å². The maximum Gasteiger partial charge on any atom is 0.302 e. The van der Waals surface area contributed by atoms with Crippen LogP contribution in [-0.4, -0.2) is 26.6 Å². The second-order valence-electron chi connectivity index (χ2n) is 4.71. The van der Waals surface area contributed by atoms with Crippen molar-refractivity contribution in [1.82, 2.24) is 0 Å². The Bertz CT molecular complexity index is 617. The molecule has 1 amide bonds. The maximum absolute atomic E-state index is 12.6. The number of carbonyl (C=O) groups is 1. The molecule has 0 aliphatic carbocycles. The number of halogens is 2. The standard InChI is InChI=1S/C12H13ClFNO3S/c1-8-4-10(2-3-11(8)13)15-6-9(5-12(15)16)7-19(14,17)18/h2-4,9H,5-7H2,1H3. The van der Waals surface area contributed by atoms with E-state index in [-0.39, 0.29) is 18.9 Å². The highest BCUT2D eigenvalue weighted by Gasteiger charge is 2.33. The molecule has 0 radical (unpaired) electrons. The summed E-state index contributed by atoms with van der Waals surface area (Å²) in [4.78, 5) is 13.3. The summed E-state index contributed by atoms with van der Waals surface area (Å²) >= 11 is 5.91. The molecule has 4 nitrogen and oxygen atoms in total. The molecular formula is C12H13ClFNO3S. The summed E-state index contributed by atoms with van der Waals surface area (Å²) in [6.07, 6.45) is 0.0465. The highest BCUT2D eigenvalue weighted by molar-refractivity contribution is 7.86. The van der Waals surface area contributed by atoms with Gasteiger partial charge in [-0.1, -0.05) is 11.6 Å². The van der Waals surface area contributed by atoms with Crippen molar-refractivity contribution in [2.75, 3.05) is 17.2 Å². The Morgan fingerprint density at radius 2 is 2.16 bits per heavy atom. The van der Waals surface area contributed by atoms with Gasteiger partial charge in [0.2, 0.25) is 5.91 Å². The summed E-state index contributed by atoms with van der Waals surface area (Å²) in [5.74, 6) is -1.31. The summed E-state index contributed by atoms with van der Waals surface area (Å²) in [6.45, 7) is 2.03. The van der Waals surface area contributed by atoms with Gasteiger partial charge in [-0.25, -0.2) is 0 Å². The molecule has 104 valence electrons. The van der Waals surface area contributed by atoms with Crippen molar-refractivity contribution in [3.63, 3.8) is 0 Å². The molecule has 1 unspecified atom stereocenters. The van der Waals surface area contributed by atoms with Crippen LogP contribution in [-0.2, 0) is 15.0 Å². The molecule has 0 saturated carbocycles. The predicted molar refractivity (Wildman–Crippen MR) is 71.5 cm³/mol. The second kappa shape index (κ2) is 5.09. The smallest absolute Gasteiger partial charge is 0.302 e. The van der Waals surface area contributed by atoms with Crippen molar-refractivity contribution < 1.29 is 17.1 Å². The van der Waals surface area contributed by atoms with E-state index in [1.54, 1.807) is 18.2 Å². The number of benzene rings is 1. The molecule has 1 atom stereocenters. The van der Waals surface area contributed by atoms with Crippen LogP contribution in [0.4, 0.5) is 9.57 Å². The van der Waals surface area contributed by atoms with Crippen LogP contribution < -0.4 is 4.90 Å². The highest BCUT2D eigenvalue weighted by atomic mass is 35.5. The molecule has 1 aromatic rings. The molecule has 1 heterocycles. The van der Waals surface area contributed by atoms with Crippen LogP contribution in [0.25, 0.3) is 0 Å². The Morgan fingerprint density at radius 3 is 2.74 bits per heavy atom. The number of carbonyl (C=O) groups excluding carboxylic acids is 1. The zero-order chi connectivity index (χ0) is 14.2. The molecule has 0 N–H and O–H groups in total. The Hall–Kier alpha value is -1.14. The first kappa shape index (κ1) is 14.3. The van der Waals surface area contributed by atoms with E-state index in [9.17, 15) is 17.1 Å². The normalized spacial score (nSPS) is 20.1. The number of hydrogen-bond donors (Lipinski definition) is 0. The summed E-state index contributed by atoms with van der Waals surface area (Å²) in [5, 5.41) is 0.596. The minimum absolute atomic E-state index is 0.0465. The van der Waals surface area contributed by atoms with Gasteiger partial charge in [0.15, 0.2) is 0 Å². The van der Waals surface area contributed by atoms with E-state index in [0.29, 0.717) is 10.7 Å². The van der Waals surface area contributed by atoms with E-state index in [1.165, 1.54) is 4.90 Å². The number of rotatable bonds is 3. The van der Waals surface area contributed by atoms with Crippen molar-refractivity contribution in [3.8, 4) is 0 Å². The fourth-order valence-electron chi connectivity index (χ4n) is 2.22. The first-order valence-corrected chi connectivity index (χ1v) is 7.68. The van der Waals surface area contributed by atoms with E-state index >= 15 is 0 Å². The monoisotopic (exact) mass is 305 g/mol. The second-order valence-corrected chi connectivity index (χ2v) is 6.53. The minimum atomic E-state index is -4.55. The van der Waals surface area contributed by atoms with Crippen molar-refractivity contribution in [2.24, 2.45) is 5.92 Å². The Labute approximate surface area is 116 Å². The molecule has 1 saturated heterocycles. The van der Waals surface area contributed by atoms with Crippen LogP contribution in [0.2, 0.25) is 5.02 Å². The average molecular weight is 306 g/mol. The van der Waals surface area contributed by atoms with Gasteiger partial charge in [-0.3, -0.25) is 4.79 Å². The lowest BCUT2D eigenvalue weighted by atomic mass is 10.1.